The first-order valence-electron chi connectivity index (χ1n) is 5.01. The third kappa shape index (κ3) is 3.96. The lowest BCUT2D eigenvalue weighted by Crippen LogP contribution is -2.26. The number of halogens is 3. The van der Waals surface area contributed by atoms with E-state index in [4.69, 9.17) is 49.0 Å². The first kappa shape index (κ1) is 16.0. The molecular weight excluding hydrogens is 316 g/mol. The zero-order valence-corrected chi connectivity index (χ0v) is 12.7. The number of methoxy groups -OCH3 is 3. The average molecular weight is 329 g/mol. The maximum atomic E-state index is 11.6. The minimum atomic E-state index is -2.06. The molecule has 0 unspecified atom stereocenters. The monoisotopic (exact) mass is 327 g/mol. The lowest BCUT2D eigenvalue weighted by Gasteiger charge is -2.16. The molecule has 0 aliphatic heterocycles. The summed E-state index contributed by atoms with van der Waals surface area (Å²) in [6.07, 6.45) is 0. The van der Waals surface area contributed by atoms with Crippen molar-refractivity contribution in [1.82, 2.24) is 0 Å². The van der Waals surface area contributed by atoms with E-state index in [2.05, 4.69) is 5.32 Å². The Hall–Kier alpha value is -1.04. The van der Waals surface area contributed by atoms with Gasteiger partial charge in [-0.3, -0.25) is 4.79 Å². The average Bonchev–Trinajstić information content (AvgIpc) is 2.36. The topological polar surface area (TPSA) is 56.8 Å². The number of carbonyl (C=O) groups excluding carboxylic acids is 1. The Morgan fingerprint density at radius 1 is 1.05 bits per heavy atom. The minimum absolute atomic E-state index is 0.353. The van der Waals surface area contributed by atoms with Gasteiger partial charge in [0.1, 0.15) is 0 Å². The van der Waals surface area contributed by atoms with E-state index < -0.39 is 9.70 Å². The third-order valence-electron chi connectivity index (χ3n) is 2.18. The van der Waals surface area contributed by atoms with Crippen molar-refractivity contribution < 1.29 is 19.0 Å². The molecule has 106 valence electrons. The van der Waals surface area contributed by atoms with E-state index in [1.165, 1.54) is 33.5 Å². The molecular formula is C11H12Cl3NO4. The number of carbonyl (C=O) groups is 1. The molecule has 0 radical (unpaired) electrons. The van der Waals surface area contributed by atoms with Crippen LogP contribution in [0.15, 0.2) is 12.1 Å². The van der Waals surface area contributed by atoms with Crippen LogP contribution in [0.2, 0.25) is 0 Å². The number of hydrogen-bond donors (Lipinski definition) is 1. The summed E-state index contributed by atoms with van der Waals surface area (Å²) in [5.74, 6) is 0.367. The van der Waals surface area contributed by atoms with Gasteiger partial charge in [-0.2, -0.15) is 0 Å². The van der Waals surface area contributed by atoms with E-state index in [1.807, 2.05) is 0 Å². The van der Waals surface area contributed by atoms with Crippen LogP contribution in [-0.4, -0.2) is 31.0 Å². The Kier molecular flexibility index (Phi) is 5.40. The molecule has 1 rings (SSSR count). The van der Waals surface area contributed by atoms with Crippen LogP contribution in [0, 0.1) is 0 Å². The van der Waals surface area contributed by atoms with Crippen LogP contribution in [-0.2, 0) is 4.79 Å². The highest BCUT2D eigenvalue weighted by molar-refractivity contribution is 6.76. The second kappa shape index (κ2) is 6.41. The summed E-state index contributed by atoms with van der Waals surface area (Å²) in [6, 6.07) is 3.05. The molecule has 0 atom stereocenters. The number of ether oxygens (including phenoxy) is 3. The van der Waals surface area contributed by atoms with Crippen molar-refractivity contribution in [1.29, 1.82) is 0 Å². The van der Waals surface area contributed by atoms with Crippen LogP contribution in [0.4, 0.5) is 5.69 Å². The Morgan fingerprint density at radius 2 is 1.53 bits per heavy atom. The van der Waals surface area contributed by atoms with Gasteiger partial charge >= 0.3 is 0 Å². The fraction of sp³-hybridized carbons (Fsp3) is 0.364. The molecule has 0 aliphatic carbocycles. The summed E-state index contributed by atoms with van der Waals surface area (Å²) < 4.78 is 13.4. The van der Waals surface area contributed by atoms with Crippen molar-refractivity contribution in [2.45, 2.75) is 3.79 Å². The smallest absolute Gasteiger partial charge is 0.276 e. The highest BCUT2D eigenvalue weighted by Gasteiger charge is 2.31. The molecule has 0 bridgehead atoms. The zero-order chi connectivity index (χ0) is 14.6. The predicted molar refractivity (Wildman–Crippen MR) is 75.0 cm³/mol. The van der Waals surface area contributed by atoms with Crippen molar-refractivity contribution in [3.05, 3.63) is 12.1 Å². The summed E-state index contributed by atoms with van der Waals surface area (Å²) in [5.41, 5.74) is 0.353. The molecule has 5 nitrogen and oxygen atoms in total. The molecule has 0 saturated carbocycles. The van der Waals surface area contributed by atoms with Gasteiger partial charge in [0, 0.05) is 17.8 Å². The second-order valence-electron chi connectivity index (χ2n) is 3.37. The summed E-state index contributed by atoms with van der Waals surface area (Å²) in [4.78, 5) is 11.6. The number of alkyl halides is 3. The number of nitrogens with one attached hydrogen (secondary N) is 1. The number of benzene rings is 1. The van der Waals surface area contributed by atoms with Crippen LogP contribution in [0.5, 0.6) is 17.2 Å². The van der Waals surface area contributed by atoms with Crippen molar-refractivity contribution in [3.8, 4) is 17.2 Å². The lowest BCUT2D eigenvalue weighted by molar-refractivity contribution is -0.115. The fourth-order valence-corrected chi connectivity index (χ4v) is 1.50. The molecule has 0 spiro atoms. The van der Waals surface area contributed by atoms with Crippen LogP contribution >= 0.6 is 34.8 Å². The maximum Gasteiger partial charge on any atom is 0.276 e. The molecule has 0 heterocycles. The molecule has 0 fully saturated rings. The molecule has 0 aliphatic rings. The number of hydrogen-bond acceptors (Lipinski definition) is 4. The molecule has 8 heteroatoms. The van der Waals surface area contributed by atoms with Gasteiger partial charge in [-0.1, -0.05) is 34.8 Å². The van der Waals surface area contributed by atoms with Gasteiger partial charge in [0.15, 0.2) is 11.5 Å². The van der Waals surface area contributed by atoms with Gasteiger partial charge in [-0.05, 0) is 0 Å². The van der Waals surface area contributed by atoms with Gasteiger partial charge < -0.3 is 19.5 Å². The van der Waals surface area contributed by atoms with Crippen LogP contribution in [0.25, 0.3) is 0 Å². The largest absolute Gasteiger partial charge is 0.493 e. The van der Waals surface area contributed by atoms with E-state index in [0.29, 0.717) is 22.9 Å². The van der Waals surface area contributed by atoms with Gasteiger partial charge in [-0.25, -0.2) is 0 Å². The Labute approximate surface area is 125 Å². The Morgan fingerprint density at radius 3 is 1.84 bits per heavy atom. The van der Waals surface area contributed by atoms with E-state index in [-0.39, 0.29) is 0 Å². The summed E-state index contributed by atoms with van der Waals surface area (Å²) in [6.45, 7) is 0. The maximum absolute atomic E-state index is 11.6. The molecule has 19 heavy (non-hydrogen) atoms. The molecule has 0 aromatic heterocycles. The van der Waals surface area contributed by atoms with Crippen LogP contribution in [0.1, 0.15) is 0 Å². The lowest BCUT2D eigenvalue weighted by atomic mass is 10.2. The van der Waals surface area contributed by atoms with E-state index in [9.17, 15) is 4.79 Å². The minimum Gasteiger partial charge on any atom is -0.493 e. The fourth-order valence-electron chi connectivity index (χ4n) is 1.36. The quantitative estimate of drug-likeness (QED) is 0.863. The number of rotatable bonds is 4. The Bertz CT molecular complexity index is 448. The molecule has 1 N–H and O–H groups in total. The summed E-state index contributed by atoms with van der Waals surface area (Å²) >= 11 is 16.4. The van der Waals surface area contributed by atoms with Gasteiger partial charge in [0.05, 0.1) is 21.3 Å². The molecule has 1 aromatic carbocycles. The molecule has 1 amide bonds. The predicted octanol–water partition coefficient (Wildman–Crippen LogP) is 3.02. The Balaban J connectivity index is 3.13. The van der Waals surface area contributed by atoms with Crippen molar-refractivity contribution in [2.75, 3.05) is 26.6 Å². The van der Waals surface area contributed by atoms with Gasteiger partial charge in [0.2, 0.25) is 5.75 Å². The second-order valence-corrected chi connectivity index (χ2v) is 5.65. The van der Waals surface area contributed by atoms with Crippen LogP contribution in [0.3, 0.4) is 0 Å². The van der Waals surface area contributed by atoms with Crippen LogP contribution < -0.4 is 19.5 Å². The number of anilines is 1. The standard InChI is InChI=1S/C11H12Cl3NO4/c1-17-7-4-6(15-10(16)11(12,13)14)5-8(18-2)9(7)19-3/h4-5H,1-3H3,(H,15,16). The first-order chi connectivity index (χ1) is 8.83. The first-order valence-corrected chi connectivity index (χ1v) is 6.15. The molecule has 1 aromatic rings. The van der Waals surface area contributed by atoms with Crippen molar-refractivity contribution in [3.63, 3.8) is 0 Å². The summed E-state index contributed by atoms with van der Waals surface area (Å²) in [5, 5.41) is 2.43. The SMILES string of the molecule is COc1cc(NC(=O)C(Cl)(Cl)Cl)cc(OC)c1OC. The van der Waals surface area contributed by atoms with Crippen molar-refractivity contribution in [2.24, 2.45) is 0 Å². The van der Waals surface area contributed by atoms with E-state index in [0.717, 1.165) is 0 Å². The van der Waals surface area contributed by atoms with Crippen molar-refractivity contribution >= 4 is 46.4 Å². The normalized spacial score (nSPS) is 10.8. The van der Waals surface area contributed by atoms with Gasteiger partial charge in [0.25, 0.3) is 9.70 Å². The van der Waals surface area contributed by atoms with E-state index >= 15 is 0 Å². The summed E-state index contributed by atoms with van der Waals surface area (Å²) in [7, 11) is 4.38. The molecule has 0 saturated heterocycles. The highest BCUT2D eigenvalue weighted by atomic mass is 35.6. The van der Waals surface area contributed by atoms with Gasteiger partial charge in [-0.15, -0.1) is 0 Å². The zero-order valence-electron chi connectivity index (χ0n) is 10.4. The third-order valence-corrected chi connectivity index (χ3v) is 2.69. The number of amides is 1. The highest BCUT2D eigenvalue weighted by Crippen LogP contribution is 2.40. The van der Waals surface area contributed by atoms with E-state index in [1.54, 1.807) is 0 Å².